The van der Waals surface area contributed by atoms with Crippen LogP contribution >= 0.6 is 0 Å². The van der Waals surface area contributed by atoms with Crippen LogP contribution in [0, 0.1) is 5.41 Å². The number of carbonyl (C=O) groups excluding carboxylic acids is 2. The van der Waals surface area contributed by atoms with Crippen molar-refractivity contribution >= 4 is 18.0 Å². The van der Waals surface area contributed by atoms with E-state index in [1.807, 2.05) is 31.2 Å². The number of fused-ring (bicyclic) bond motifs is 3. The number of hydrogen-bond donors (Lipinski definition) is 2. The van der Waals surface area contributed by atoms with E-state index >= 15 is 0 Å². The number of rotatable bonds is 8. The molecule has 1 aliphatic rings. The maximum absolute atomic E-state index is 13.3. The van der Waals surface area contributed by atoms with E-state index in [0.717, 1.165) is 22.3 Å². The van der Waals surface area contributed by atoms with Gasteiger partial charge in [0.1, 0.15) is 13.2 Å². The van der Waals surface area contributed by atoms with Crippen molar-refractivity contribution in [1.29, 1.82) is 0 Å². The second-order valence-corrected chi connectivity index (χ2v) is 10.0. The maximum atomic E-state index is 13.3. The van der Waals surface area contributed by atoms with Crippen LogP contribution in [-0.2, 0) is 14.3 Å². The Hall–Kier alpha value is -3.35. The lowest BCUT2D eigenvalue weighted by Crippen LogP contribution is -2.56. The number of carboxylic acid groups (broad SMARTS) is 1. The van der Waals surface area contributed by atoms with Crippen molar-refractivity contribution in [2.24, 2.45) is 5.41 Å². The van der Waals surface area contributed by atoms with Crippen molar-refractivity contribution in [3.05, 3.63) is 59.7 Å². The zero-order valence-electron chi connectivity index (χ0n) is 20.6. The largest absolute Gasteiger partial charge is 0.480 e. The van der Waals surface area contributed by atoms with E-state index in [9.17, 15) is 19.5 Å². The molecule has 2 aromatic carbocycles. The van der Waals surface area contributed by atoms with Gasteiger partial charge in [-0.3, -0.25) is 9.59 Å². The minimum Gasteiger partial charge on any atom is -0.480 e. The zero-order chi connectivity index (χ0) is 25.1. The Morgan fingerprint density at radius 2 is 1.50 bits per heavy atom. The molecule has 1 unspecified atom stereocenters. The van der Waals surface area contributed by atoms with Crippen LogP contribution in [0.5, 0.6) is 0 Å². The van der Waals surface area contributed by atoms with Crippen LogP contribution < -0.4 is 5.32 Å². The van der Waals surface area contributed by atoms with Crippen LogP contribution in [0.4, 0.5) is 4.79 Å². The molecule has 2 N–H and O–H groups in total. The summed E-state index contributed by atoms with van der Waals surface area (Å²) >= 11 is 0. The van der Waals surface area contributed by atoms with Gasteiger partial charge < -0.3 is 20.1 Å². The van der Waals surface area contributed by atoms with Crippen molar-refractivity contribution in [2.75, 3.05) is 19.7 Å². The monoisotopic (exact) mass is 466 g/mol. The minimum absolute atomic E-state index is 0.0468. The molecule has 1 aliphatic carbocycles. The fourth-order valence-electron chi connectivity index (χ4n) is 4.34. The Morgan fingerprint density at radius 1 is 0.971 bits per heavy atom. The van der Waals surface area contributed by atoms with E-state index in [4.69, 9.17) is 4.74 Å². The summed E-state index contributed by atoms with van der Waals surface area (Å²) < 4.78 is 5.58. The van der Waals surface area contributed by atoms with E-state index < -0.39 is 29.6 Å². The van der Waals surface area contributed by atoms with E-state index in [1.54, 1.807) is 27.7 Å². The predicted octanol–water partition coefficient (Wildman–Crippen LogP) is 4.65. The van der Waals surface area contributed by atoms with Gasteiger partial charge in [-0.2, -0.15) is 0 Å². The second-order valence-electron chi connectivity index (χ2n) is 10.0. The molecule has 0 saturated heterocycles. The highest BCUT2D eigenvalue weighted by Crippen LogP contribution is 2.44. The number of nitrogens with zero attached hydrogens (tertiary/aromatic N) is 1. The summed E-state index contributed by atoms with van der Waals surface area (Å²) in [4.78, 5) is 38.6. The van der Waals surface area contributed by atoms with Crippen molar-refractivity contribution in [2.45, 2.75) is 52.5 Å². The van der Waals surface area contributed by atoms with Gasteiger partial charge in [0, 0.05) is 18.0 Å². The topological polar surface area (TPSA) is 95.9 Å². The molecule has 0 bridgehead atoms. The van der Waals surface area contributed by atoms with Gasteiger partial charge in [0.05, 0.1) is 5.41 Å². The molecule has 0 aliphatic heterocycles. The smallest absolute Gasteiger partial charge is 0.407 e. The summed E-state index contributed by atoms with van der Waals surface area (Å²) in [5.74, 6) is -1.45. The van der Waals surface area contributed by atoms with Crippen molar-refractivity contribution < 1.29 is 24.2 Å². The van der Waals surface area contributed by atoms with E-state index in [0.29, 0.717) is 6.42 Å². The number of carbonyl (C=O) groups is 3. The molecule has 0 radical (unpaired) electrons. The van der Waals surface area contributed by atoms with E-state index in [2.05, 4.69) is 29.6 Å². The van der Waals surface area contributed by atoms with Crippen molar-refractivity contribution in [3.8, 4) is 11.1 Å². The number of nitrogens with one attached hydrogen (secondary N) is 1. The fourth-order valence-corrected chi connectivity index (χ4v) is 4.34. The zero-order valence-corrected chi connectivity index (χ0v) is 20.6. The normalized spacial score (nSPS) is 14.5. The van der Waals surface area contributed by atoms with Crippen LogP contribution in [0.1, 0.15) is 58.1 Å². The lowest BCUT2D eigenvalue weighted by atomic mass is 9.84. The Morgan fingerprint density at radius 3 is 1.97 bits per heavy atom. The molecule has 0 spiro atoms. The maximum Gasteiger partial charge on any atom is 0.407 e. The van der Waals surface area contributed by atoms with Gasteiger partial charge in [-0.15, -0.1) is 0 Å². The third kappa shape index (κ3) is 5.24. The first-order valence-corrected chi connectivity index (χ1v) is 11.6. The number of amides is 2. The molecule has 0 saturated carbocycles. The number of ether oxygens (including phenoxy) is 1. The quantitative estimate of drug-likeness (QED) is 0.590. The Balaban J connectivity index is 1.66. The molecule has 34 heavy (non-hydrogen) atoms. The third-order valence-corrected chi connectivity index (χ3v) is 6.61. The van der Waals surface area contributed by atoms with E-state index in [-0.39, 0.29) is 25.0 Å². The summed E-state index contributed by atoms with van der Waals surface area (Å²) in [7, 11) is 0. The van der Waals surface area contributed by atoms with Crippen molar-refractivity contribution in [3.63, 3.8) is 0 Å². The Labute approximate surface area is 201 Å². The molecule has 0 fully saturated rings. The highest BCUT2D eigenvalue weighted by molar-refractivity contribution is 5.87. The van der Waals surface area contributed by atoms with Crippen LogP contribution in [0.25, 0.3) is 11.1 Å². The second kappa shape index (κ2) is 9.87. The van der Waals surface area contributed by atoms with Gasteiger partial charge in [0.25, 0.3) is 0 Å². The Kier molecular flexibility index (Phi) is 7.34. The molecule has 3 rings (SSSR count). The number of alkyl carbamates (subject to hydrolysis) is 1. The average molecular weight is 467 g/mol. The third-order valence-electron chi connectivity index (χ3n) is 6.61. The van der Waals surface area contributed by atoms with Crippen LogP contribution in [0.3, 0.4) is 0 Å². The molecular formula is C27H34N2O5. The number of hydrogen-bond acceptors (Lipinski definition) is 4. The van der Waals surface area contributed by atoms with Gasteiger partial charge in [0.15, 0.2) is 0 Å². The van der Waals surface area contributed by atoms with Crippen LogP contribution in [0.15, 0.2) is 48.5 Å². The standard InChI is InChI=1S/C27H34N2O5/c1-6-27(5,24(32)29(15-23(30)31)26(2,3)4)17-28-25(33)34-16-22-20-13-9-7-11-18(20)19-12-8-10-14-21(19)22/h7-14,22H,6,15-17H2,1-5H3,(H,28,33)(H,30,31). The Bertz CT molecular complexity index is 1030. The molecule has 1 atom stereocenters. The lowest BCUT2D eigenvalue weighted by molar-refractivity contribution is -0.154. The van der Waals surface area contributed by atoms with Gasteiger partial charge >= 0.3 is 12.1 Å². The first-order valence-electron chi connectivity index (χ1n) is 11.6. The van der Waals surface area contributed by atoms with E-state index in [1.165, 1.54) is 4.90 Å². The van der Waals surface area contributed by atoms with Gasteiger partial charge in [0.2, 0.25) is 5.91 Å². The average Bonchev–Trinajstić information content (AvgIpc) is 3.12. The highest BCUT2D eigenvalue weighted by atomic mass is 16.5. The van der Waals surface area contributed by atoms with Gasteiger partial charge in [-0.1, -0.05) is 55.5 Å². The highest BCUT2D eigenvalue weighted by Gasteiger charge is 2.40. The number of benzene rings is 2. The van der Waals surface area contributed by atoms with Crippen LogP contribution in [-0.4, -0.2) is 53.2 Å². The first-order chi connectivity index (χ1) is 16.0. The molecular weight excluding hydrogens is 432 g/mol. The molecule has 7 nitrogen and oxygen atoms in total. The molecule has 182 valence electrons. The molecule has 0 aromatic heterocycles. The molecule has 7 heteroatoms. The van der Waals surface area contributed by atoms with Crippen molar-refractivity contribution in [1.82, 2.24) is 10.2 Å². The van der Waals surface area contributed by atoms with Crippen LogP contribution in [0.2, 0.25) is 0 Å². The van der Waals surface area contributed by atoms with Gasteiger partial charge in [-0.25, -0.2) is 4.79 Å². The number of aliphatic carboxylic acids is 1. The summed E-state index contributed by atoms with van der Waals surface area (Å²) in [5, 5.41) is 12.0. The first kappa shape index (κ1) is 25.3. The minimum atomic E-state index is -1.08. The summed E-state index contributed by atoms with van der Waals surface area (Å²) in [6.07, 6.45) is -0.170. The summed E-state index contributed by atoms with van der Waals surface area (Å²) in [6, 6.07) is 16.2. The molecule has 0 heterocycles. The summed E-state index contributed by atoms with van der Waals surface area (Å²) in [6.45, 7) is 8.80. The predicted molar refractivity (Wildman–Crippen MR) is 131 cm³/mol. The fraction of sp³-hybridized carbons (Fsp3) is 0.444. The summed E-state index contributed by atoms with van der Waals surface area (Å²) in [5.41, 5.74) is 2.91. The van der Waals surface area contributed by atoms with Gasteiger partial charge in [-0.05, 0) is 56.4 Å². The lowest BCUT2D eigenvalue weighted by Gasteiger charge is -2.40. The number of carboxylic acids is 1. The SMILES string of the molecule is CCC(C)(CNC(=O)OCC1c2ccccc2-c2ccccc21)C(=O)N(CC(=O)O)C(C)(C)C. The molecule has 2 amide bonds. The molecule has 2 aromatic rings.